The van der Waals surface area contributed by atoms with E-state index in [-0.39, 0.29) is 0 Å². The lowest BCUT2D eigenvalue weighted by atomic mass is 10.1. The molecule has 0 amide bonds. The Hall–Kier alpha value is -1.22. The summed E-state index contributed by atoms with van der Waals surface area (Å²) in [5.41, 5.74) is 8.14. The number of methoxy groups -OCH3 is 1. The summed E-state index contributed by atoms with van der Waals surface area (Å²) in [6, 6.07) is 6.63. The van der Waals surface area contributed by atoms with Gasteiger partial charge in [0, 0.05) is 31.4 Å². The van der Waals surface area contributed by atoms with E-state index in [4.69, 9.17) is 10.5 Å². The van der Waals surface area contributed by atoms with Gasteiger partial charge in [-0.1, -0.05) is 19.9 Å². The Kier molecular flexibility index (Phi) is 5.29. The van der Waals surface area contributed by atoms with Crippen molar-refractivity contribution < 1.29 is 4.74 Å². The molecular weight excluding hydrogens is 212 g/mol. The predicted octanol–water partition coefficient (Wildman–Crippen LogP) is 2.78. The van der Waals surface area contributed by atoms with E-state index in [0.717, 1.165) is 18.6 Å². The lowest BCUT2D eigenvalue weighted by molar-refractivity contribution is 0.414. The number of ether oxygens (including phenoxy) is 1. The molecule has 0 bridgehead atoms. The minimum absolute atomic E-state index is 0.549. The minimum atomic E-state index is 0.549. The van der Waals surface area contributed by atoms with Crippen molar-refractivity contribution in [1.29, 1.82) is 0 Å². The summed E-state index contributed by atoms with van der Waals surface area (Å²) in [7, 11) is 3.82. The van der Waals surface area contributed by atoms with E-state index in [1.54, 1.807) is 7.11 Å². The molecule has 0 saturated heterocycles. The van der Waals surface area contributed by atoms with Gasteiger partial charge in [-0.25, -0.2) is 0 Å². The van der Waals surface area contributed by atoms with Gasteiger partial charge in [0.1, 0.15) is 5.75 Å². The highest BCUT2D eigenvalue weighted by Crippen LogP contribution is 2.27. The van der Waals surface area contributed by atoms with Crippen molar-refractivity contribution in [3.05, 3.63) is 23.8 Å². The van der Waals surface area contributed by atoms with Crippen LogP contribution in [0.5, 0.6) is 5.75 Å². The molecule has 1 aromatic rings. The van der Waals surface area contributed by atoms with E-state index in [0.29, 0.717) is 12.6 Å². The molecule has 0 unspecified atom stereocenters. The number of nitrogens with two attached hydrogens (primary N) is 1. The molecule has 0 fully saturated rings. The average Bonchev–Trinajstić information content (AvgIpc) is 2.39. The van der Waals surface area contributed by atoms with E-state index in [1.807, 2.05) is 12.1 Å². The van der Waals surface area contributed by atoms with Crippen molar-refractivity contribution in [2.75, 3.05) is 19.1 Å². The molecular formula is C14H24N2O. The molecule has 3 nitrogen and oxygen atoms in total. The smallest absolute Gasteiger partial charge is 0.120 e. The Bertz CT molecular complexity index is 348. The van der Waals surface area contributed by atoms with Crippen LogP contribution in [0, 0.1) is 0 Å². The van der Waals surface area contributed by atoms with Gasteiger partial charge in [0.25, 0.3) is 0 Å². The first kappa shape index (κ1) is 13.8. The lowest BCUT2D eigenvalue weighted by Gasteiger charge is -2.30. The lowest BCUT2D eigenvalue weighted by Crippen LogP contribution is -2.31. The van der Waals surface area contributed by atoms with Gasteiger partial charge in [-0.15, -0.1) is 0 Å². The van der Waals surface area contributed by atoms with Crippen LogP contribution in [0.1, 0.15) is 32.3 Å². The van der Waals surface area contributed by atoms with Crippen molar-refractivity contribution in [3.63, 3.8) is 0 Å². The summed E-state index contributed by atoms with van der Waals surface area (Å²) >= 11 is 0. The second-order valence-electron chi connectivity index (χ2n) is 4.28. The largest absolute Gasteiger partial charge is 0.497 e. The van der Waals surface area contributed by atoms with Crippen LogP contribution < -0.4 is 15.4 Å². The van der Waals surface area contributed by atoms with Crippen LogP contribution in [0.25, 0.3) is 0 Å². The third kappa shape index (κ3) is 3.13. The van der Waals surface area contributed by atoms with Crippen LogP contribution in [-0.4, -0.2) is 20.2 Å². The van der Waals surface area contributed by atoms with Crippen LogP contribution in [0.2, 0.25) is 0 Å². The zero-order chi connectivity index (χ0) is 12.8. The summed E-state index contributed by atoms with van der Waals surface area (Å²) in [6.45, 7) is 4.99. The van der Waals surface area contributed by atoms with Crippen molar-refractivity contribution in [2.45, 2.75) is 39.3 Å². The van der Waals surface area contributed by atoms with Crippen LogP contribution in [0.4, 0.5) is 5.69 Å². The predicted molar refractivity (Wildman–Crippen MR) is 73.7 cm³/mol. The number of hydrogen-bond donors (Lipinski definition) is 1. The zero-order valence-electron chi connectivity index (χ0n) is 11.4. The van der Waals surface area contributed by atoms with E-state index in [1.165, 1.54) is 11.3 Å². The Morgan fingerprint density at radius 3 is 2.41 bits per heavy atom. The summed E-state index contributed by atoms with van der Waals surface area (Å²) < 4.78 is 5.28. The molecule has 1 aromatic carbocycles. The number of benzene rings is 1. The molecule has 0 aromatic heterocycles. The SMILES string of the molecule is CCC(CC)N(C)c1cc(OC)ccc1CN. The maximum Gasteiger partial charge on any atom is 0.120 e. The van der Waals surface area contributed by atoms with E-state index < -0.39 is 0 Å². The number of rotatable bonds is 6. The normalized spacial score (nSPS) is 10.7. The number of hydrogen-bond acceptors (Lipinski definition) is 3. The molecule has 0 aliphatic rings. The van der Waals surface area contributed by atoms with Gasteiger partial charge in [-0.2, -0.15) is 0 Å². The Balaban J connectivity index is 3.08. The highest BCUT2D eigenvalue weighted by atomic mass is 16.5. The van der Waals surface area contributed by atoms with Gasteiger partial charge < -0.3 is 15.4 Å². The van der Waals surface area contributed by atoms with E-state index in [9.17, 15) is 0 Å². The fourth-order valence-electron chi connectivity index (χ4n) is 2.20. The monoisotopic (exact) mass is 236 g/mol. The molecule has 0 spiro atoms. The molecule has 96 valence electrons. The van der Waals surface area contributed by atoms with Crippen LogP contribution >= 0.6 is 0 Å². The maximum absolute atomic E-state index is 5.80. The molecule has 0 atom stereocenters. The molecule has 1 rings (SSSR count). The second kappa shape index (κ2) is 6.50. The molecule has 0 heterocycles. The number of nitrogens with zero attached hydrogens (tertiary/aromatic N) is 1. The maximum atomic E-state index is 5.80. The molecule has 0 aliphatic carbocycles. The van der Waals surface area contributed by atoms with Gasteiger partial charge in [-0.05, 0) is 24.5 Å². The molecule has 0 aliphatic heterocycles. The van der Waals surface area contributed by atoms with Crippen molar-refractivity contribution in [2.24, 2.45) is 5.73 Å². The number of anilines is 1. The average molecular weight is 236 g/mol. The molecule has 3 heteroatoms. The van der Waals surface area contributed by atoms with Crippen LogP contribution in [0.3, 0.4) is 0 Å². The molecule has 0 radical (unpaired) electrons. The first-order valence-electron chi connectivity index (χ1n) is 6.27. The van der Waals surface area contributed by atoms with Gasteiger partial charge in [-0.3, -0.25) is 0 Å². The standard InChI is InChI=1S/C14H24N2O/c1-5-12(6-2)16(3)14-9-13(17-4)8-7-11(14)10-15/h7-9,12H,5-6,10,15H2,1-4H3. The molecule has 17 heavy (non-hydrogen) atoms. The van der Waals surface area contributed by atoms with Crippen LogP contribution in [-0.2, 0) is 6.54 Å². The first-order chi connectivity index (χ1) is 8.17. The minimum Gasteiger partial charge on any atom is -0.497 e. The third-order valence-electron chi connectivity index (χ3n) is 3.38. The topological polar surface area (TPSA) is 38.5 Å². The van der Waals surface area contributed by atoms with E-state index >= 15 is 0 Å². The van der Waals surface area contributed by atoms with Crippen molar-refractivity contribution in [3.8, 4) is 5.75 Å². The quantitative estimate of drug-likeness (QED) is 0.825. The van der Waals surface area contributed by atoms with Crippen molar-refractivity contribution >= 4 is 5.69 Å². The van der Waals surface area contributed by atoms with Gasteiger partial charge >= 0.3 is 0 Å². The summed E-state index contributed by atoms with van der Waals surface area (Å²) in [6.07, 6.45) is 2.27. The third-order valence-corrected chi connectivity index (χ3v) is 3.38. The fourth-order valence-corrected chi connectivity index (χ4v) is 2.20. The second-order valence-corrected chi connectivity index (χ2v) is 4.28. The first-order valence-corrected chi connectivity index (χ1v) is 6.27. The highest BCUT2D eigenvalue weighted by Gasteiger charge is 2.14. The summed E-state index contributed by atoms with van der Waals surface area (Å²) in [4.78, 5) is 2.31. The van der Waals surface area contributed by atoms with Gasteiger partial charge in [0.15, 0.2) is 0 Å². The van der Waals surface area contributed by atoms with Gasteiger partial charge in [0.2, 0.25) is 0 Å². The zero-order valence-corrected chi connectivity index (χ0v) is 11.4. The Morgan fingerprint density at radius 1 is 1.29 bits per heavy atom. The Morgan fingerprint density at radius 2 is 1.94 bits per heavy atom. The van der Waals surface area contributed by atoms with Crippen molar-refractivity contribution in [1.82, 2.24) is 0 Å². The summed E-state index contributed by atoms with van der Waals surface area (Å²) in [5.74, 6) is 0.884. The summed E-state index contributed by atoms with van der Waals surface area (Å²) in [5, 5.41) is 0. The highest BCUT2D eigenvalue weighted by molar-refractivity contribution is 5.57. The molecule has 2 N–H and O–H groups in total. The van der Waals surface area contributed by atoms with Crippen LogP contribution in [0.15, 0.2) is 18.2 Å². The molecule has 0 saturated carbocycles. The van der Waals surface area contributed by atoms with Gasteiger partial charge in [0.05, 0.1) is 7.11 Å². The fraction of sp³-hybridized carbons (Fsp3) is 0.571. The van der Waals surface area contributed by atoms with E-state index in [2.05, 4.69) is 31.9 Å². The Labute approximate surface area is 105 Å².